The number of aliphatic hydroxyl groups is 1. The fourth-order valence-corrected chi connectivity index (χ4v) is 4.83. The first-order valence-corrected chi connectivity index (χ1v) is 9.57. The van der Waals surface area contributed by atoms with Gasteiger partial charge in [-0.1, -0.05) is 25.8 Å². The van der Waals surface area contributed by atoms with Gasteiger partial charge in [0.1, 0.15) is 0 Å². The second-order valence-corrected chi connectivity index (χ2v) is 8.26. The fraction of sp³-hybridized carbons (Fsp3) is 0.600. The van der Waals surface area contributed by atoms with E-state index in [2.05, 4.69) is 20.7 Å². The predicted molar refractivity (Wildman–Crippen MR) is 86.5 cm³/mol. The maximum Gasteiger partial charge on any atom is 0.241 e. The normalized spacial score (nSPS) is 17.0. The zero-order valence-corrected chi connectivity index (χ0v) is 14.8. The van der Waals surface area contributed by atoms with E-state index < -0.39 is 10.0 Å². The largest absolute Gasteiger partial charge is 0.392 e. The number of rotatable bonds is 7. The molecular weight excluding hydrogens is 354 g/mol. The zero-order chi connectivity index (χ0) is 15.6. The molecule has 2 rings (SSSR count). The summed E-state index contributed by atoms with van der Waals surface area (Å²) in [5.74, 6) is 0.673. The van der Waals surface area contributed by atoms with Crippen LogP contribution in [0, 0.1) is 12.8 Å². The number of hydrogen-bond donors (Lipinski definition) is 2. The lowest BCUT2D eigenvalue weighted by atomic mass is 10.1. The minimum atomic E-state index is -3.58. The third-order valence-electron chi connectivity index (χ3n) is 3.88. The summed E-state index contributed by atoms with van der Waals surface area (Å²) in [6, 6.07) is 3.29. The highest BCUT2D eigenvalue weighted by atomic mass is 79.9. The van der Waals surface area contributed by atoms with E-state index in [9.17, 15) is 13.5 Å². The zero-order valence-electron chi connectivity index (χ0n) is 12.4. The molecule has 118 valence electrons. The van der Waals surface area contributed by atoms with Crippen LogP contribution in [0.2, 0.25) is 0 Å². The molecule has 0 amide bonds. The molecule has 0 spiro atoms. The number of aryl methyl sites for hydroxylation is 1. The average Bonchev–Trinajstić information content (AvgIpc) is 3.24. The van der Waals surface area contributed by atoms with Crippen LogP contribution in [0.25, 0.3) is 0 Å². The highest BCUT2D eigenvalue weighted by Gasteiger charge is 2.28. The molecule has 0 bridgehead atoms. The summed E-state index contributed by atoms with van der Waals surface area (Å²) in [4.78, 5) is 0.209. The molecule has 0 aliphatic heterocycles. The molecule has 1 aromatic rings. The van der Waals surface area contributed by atoms with Crippen molar-refractivity contribution in [3.8, 4) is 0 Å². The van der Waals surface area contributed by atoms with Crippen LogP contribution in [0.15, 0.2) is 21.5 Å². The Bertz CT molecular complexity index is 612. The van der Waals surface area contributed by atoms with Gasteiger partial charge in [-0.25, -0.2) is 13.1 Å². The van der Waals surface area contributed by atoms with Crippen LogP contribution in [0.3, 0.4) is 0 Å². The molecular formula is C15H22BrNO3S. The van der Waals surface area contributed by atoms with Crippen LogP contribution in [-0.4, -0.2) is 19.6 Å². The van der Waals surface area contributed by atoms with E-state index in [0.29, 0.717) is 16.0 Å². The Morgan fingerprint density at radius 3 is 2.62 bits per heavy atom. The van der Waals surface area contributed by atoms with Crippen LogP contribution in [-0.2, 0) is 16.6 Å². The van der Waals surface area contributed by atoms with Crippen LogP contribution < -0.4 is 4.72 Å². The number of aliphatic hydroxyl groups excluding tert-OH is 1. The summed E-state index contributed by atoms with van der Waals surface area (Å²) in [6.45, 7) is 3.65. The highest BCUT2D eigenvalue weighted by molar-refractivity contribution is 9.10. The molecule has 1 saturated carbocycles. The Hall–Kier alpha value is -0.430. The average molecular weight is 376 g/mol. The first-order chi connectivity index (χ1) is 9.87. The standard InChI is InChI=1S/C15H22BrNO3S/c1-3-13(7-11-4-5-11)17-21(19,20)14-8-12(9-18)6-10(2)15(14)16/h6,8,11,13,17-18H,3-5,7,9H2,1-2H3. The van der Waals surface area contributed by atoms with Gasteiger partial charge in [0.15, 0.2) is 0 Å². The van der Waals surface area contributed by atoms with Gasteiger partial charge in [-0.05, 0) is 58.8 Å². The van der Waals surface area contributed by atoms with E-state index in [1.54, 1.807) is 6.07 Å². The van der Waals surface area contributed by atoms with Gasteiger partial charge in [-0.3, -0.25) is 0 Å². The highest BCUT2D eigenvalue weighted by Crippen LogP contribution is 2.35. The van der Waals surface area contributed by atoms with Gasteiger partial charge in [-0.2, -0.15) is 0 Å². The molecule has 1 aliphatic rings. The Labute approximate surface area is 135 Å². The Morgan fingerprint density at radius 2 is 2.10 bits per heavy atom. The lowest BCUT2D eigenvalue weighted by Gasteiger charge is -2.18. The molecule has 0 saturated heterocycles. The topological polar surface area (TPSA) is 66.4 Å². The fourth-order valence-electron chi connectivity index (χ4n) is 2.43. The summed E-state index contributed by atoms with van der Waals surface area (Å²) in [7, 11) is -3.58. The Morgan fingerprint density at radius 1 is 1.43 bits per heavy atom. The molecule has 2 N–H and O–H groups in total. The molecule has 6 heteroatoms. The number of halogens is 1. The molecule has 1 aromatic carbocycles. The lowest BCUT2D eigenvalue weighted by Crippen LogP contribution is -2.35. The van der Waals surface area contributed by atoms with Gasteiger partial charge in [0.2, 0.25) is 10.0 Å². The predicted octanol–water partition coefficient (Wildman–Crippen LogP) is 3.11. The lowest BCUT2D eigenvalue weighted by molar-refractivity contribution is 0.281. The van der Waals surface area contributed by atoms with E-state index in [1.807, 2.05) is 13.8 Å². The molecule has 0 aromatic heterocycles. The van der Waals surface area contributed by atoms with Gasteiger partial charge in [0.25, 0.3) is 0 Å². The van der Waals surface area contributed by atoms with Crippen molar-refractivity contribution in [2.24, 2.45) is 5.92 Å². The van der Waals surface area contributed by atoms with Crippen molar-refractivity contribution in [1.82, 2.24) is 4.72 Å². The molecule has 0 heterocycles. The second-order valence-electron chi connectivity index (χ2n) is 5.79. The summed E-state index contributed by atoms with van der Waals surface area (Å²) < 4.78 is 28.6. The molecule has 1 unspecified atom stereocenters. The van der Waals surface area contributed by atoms with Gasteiger partial charge in [-0.15, -0.1) is 0 Å². The molecule has 1 aliphatic carbocycles. The van der Waals surface area contributed by atoms with Crippen molar-refractivity contribution in [3.63, 3.8) is 0 Å². The number of hydrogen-bond acceptors (Lipinski definition) is 3. The maximum atomic E-state index is 12.6. The SMILES string of the molecule is CCC(CC1CC1)NS(=O)(=O)c1cc(CO)cc(C)c1Br. The summed E-state index contributed by atoms with van der Waals surface area (Å²) >= 11 is 3.35. The summed E-state index contributed by atoms with van der Waals surface area (Å²) in [5.41, 5.74) is 1.41. The van der Waals surface area contributed by atoms with Crippen LogP contribution in [0.4, 0.5) is 0 Å². The summed E-state index contributed by atoms with van der Waals surface area (Å²) in [6.07, 6.45) is 4.11. The first kappa shape index (κ1) is 16.9. The van der Waals surface area contributed by atoms with Gasteiger partial charge >= 0.3 is 0 Å². The van der Waals surface area contributed by atoms with E-state index in [-0.39, 0.29) is 17.5 Å². The van der Waals surface area contributed by atoms with Crippen LogP contribution in [0.1, 0.15) is 43.7 Å². The van der Waals surface area contributed by atoms with E-state index in [0.717, 1.165) is 18.4 Å². The quantitative estimate of drug-likeness (QED) is 0.769. The molecule has 21 heavy (non-hydrogen) atoms. The van der Waals surface area contributed by atoms with Gasteiger partial charge < -0.3 is 5.11 Å². The number of nitrogens with one attached hydrogen (secondary N) is 1. The Balaban J connectivity index is 2.27. The van der Waals surface area contributed by atoms with E-state index in [1.165, 1.54) is 18.9 Å². The van der Waals surface area contributed by atoms with Crippen molar-refractivity contribution in [3.05, 3.63) is 27.7 Å². The van der Waals surface area contributed by atoms with Gasteiger partial charge in [0.05, 0.1) is 11.5 Å². The molecule has 1 atom stereocenters. The molecule has 0 radical (unpaired) electrons. The van der Waals surface area contributed by atoms with Crippen molar-refractivity contribution in [1.29, 1.82) is 0 Å². The monoisotopic (exact) mass is 375 g/mol. The van der Waals surface area contributed by atoms with Crippen molar-refractivity contribution in [2.75, 3.05) is 0 Å². The van der Waals surface area contributed by atoms with Crippen molar-refractivity contribution >= 4 is 26.0 Å². The van der Waals surface area contributed by atoms with Gasteiger partial charge in [0, 0.05) is 10.5 Å². The van der Waals surface area contributed by atoms with Crippen molar-refractivity contribution < 1.29 is 13.5 Å². The van der Waals surface area contributed by atoms with Crippen molar-refractivity contribution in [2.45, 2.75) is 57.1 Å². The maximum absolute atomic E-state index is 12.6. The van der Waals surface area contributed by atoms with Crippen LogP contribution in [0.5, 0.6) is 0 Å². The minimum Gasteiger partial charge on any atom is -0.392 e. The third-order valence-corrected chi connectivity index (χ3v) is 6.74. The second kappa shape index (κ2) is 6.77. The van der Waals surface area contributed by atoms with E-state index >= 15 is 0 Å². The van der Waals surface area contributed by atoms with Crippen LogP contribution >= 0.6 is 15.9 Å². The molecule has 4 nitrogen and oxygen atoms in total. The first-order valence-electron chi connectivity index (χ1n) is 7.29. The smallest absolute Gasteiger partial charge is 0.241 e. The van der Waals surface area contributed by atoms with E-state index in [4.69, 9.17) is 0 Å². The number of sulfonamides is 1. The minimum absolute atomic E-state index is 0.0208. The number of benzene rings is 1. The third kappa shape index (κ3) is 4.28. The summed E-state index contributed by atoms with van der Waals surface area (Å²) in [5, 5.41) is 9.27. The molecule has 1 fully saturated rings. The Kier molecular flexibility index (Phi) is 5.46.